The molecule has 6 nitrogen and oxygen atoms in total. The molecule has 1 aromatic rings. The maximum atomic E-state index is 12.1. The van der Waals surface area contributed by atoms with Gasteiger partial charge in [-0.05, 0) is 24.6 Å². The fourth-order valence-corrected chi connectivity index (χ4v) is 2.53. The van der Waals surface area contributed by atoms with Crippen LogP contribution in [0.5, 0.6) is 0 Å². The van der Waals surface area contributed by atoms with Crippen LogP contribution in [0, 0.1) is 0 Å². The van der Waals surface area contributed by atoms with Crippen molar-refractivity contribution in [3.63, 3.8) is 0 Å². The van der Waals surface area contributed by atoms with Gasteiger partial charge in [0.1, 0.15) is 12.6 Å². The summed E-state index contributed by atoms with van der Waals surface area (Å²) in [6, 6.07) is 4.92. The highest BCUT2D eigenvalue weighted by atomic mass is 35.5. The largest absolute Gasteiger partial charge is 0.465 e. The molecule has 1 aliphatic heterocycles. The minimum atomic E-state index is -0.463. The van der Waals surface area contributed by atoms with Gasteiger partial charge >= 0.3 is 12.0 Å². The Morgan fingerprint density at radius 2 is 2.17 bits per heavy atom. The zero-order valence-electron chi connectivity index (χ0n) is 12.7. The normalized spacial score (nSPS) is 17.7. The summed E-state index contributed by atoms with van der Waals surface area (Å²) >= 11 is 11.9. The van der Waals surface area contributed by atoms with Gasteiger partial charge in [-0.1, -0.05) is 29.3 Å². The van der Waals surface area contributed by atoms with E-state index in [1.54, 1.807) is 24.0 Å². The lowest BCUT2D eigenvalue weighted by Gasteiger charge is -2.33. The average molecular weight is 361 g/mol. The molecule has 0 unspecified atom stereocenters. The van der Waals surface area contributed by atoms with Crippen molar-refractivity contribution in [2.75, 3.05) is 32.8 Å². The summed E-state index contributed by atoms with van der Waals surface area (Å²) in [5, 5.41) is 3.45. The second-order valence-corrected chi connectivity index (χ2v) is 5.76. The number of nitrogens with one attached hydrogen (secondary N) is 1. The first kappa shape index (κ1) is 17.8. The number of morpholine rings is 1. The van der Waals surface area contributed by atoms with Gasteiger partial charge in [-0.2, -0.15) is 0 Å². The molecule has 0 aliphatic carbocycles. The average Bonchev–Trinajstić information content (AvgIpc) is 2.55. The summed E-state index contributed by atoms with van der Waals surface area (Å²) in [5.74, 6) is -0.463. The van der Waals surface area contributed by atoms with E-state index >= 15 is 0 Å². The van der Waals surface area contributed by atoms with Crippen LogP contribution in [0.25, 0.3) is 0 Å². The lowest BCUT2D eigenvalue weighted by molar-refractivity contribution is -0.141. The number of amides is 2. The molecular formula is C15H18Cl2N2O4. The number of rotatable bonds is 4. The second kappa shape index (κ2) is 8.38. The summed E-state index contributed by atoms with van der Waals surface area (Å²) in [4.78, 5) is 25.0. The molecule has 0 bridgehead atoms. The van der Waals surface area contributed by atoms with E-state index in [1.165, 1.54) is 0 Å². The maximum absolute atomic E-state index is 12.1. The molecule has 1 aromatic carbocycles. The van der Waals surface area contributed by atoms with Crippen molar-refractivity contribution >= 4 is 35.2 Å². The van der Waals surface area contributed by atoms with Crippen molar-refractivity contribution in [3.8, 4) is 0 Å². The van der Waals surface area contributed by atoms with Crippen molar-refractivity contribution in [1.82, 2.24) is 10.2 Å². The molecule has 1 heterocycles. The van der Waals surface area contributed by atoms with Crippen LogP contribution in [0.4, 0.5) is 4.79 Å². The van der Waals surface area contributed by atoms with Gasteiger partial charge in [-0.3, -0.25) is 4.79 Å². The minimum Gasteiger partial charge on any atom is -0.465 e. The van der Waals surface area contributed by atoms with Gasteiger partial charge in [-0.25, -0.2) is 4.79 Å². The zero-order chi connectivity index (χ0) is 16.8. The molecule has 0 aromatic heterocycles. The van der Waals surface area contributed by atoms with Gasteiger partial charge in [0, 0.05) is 6.54 Å². The van der Waals surface area contributed by atoms with Crippen LogP contribution in [0.2, 0.25) is 10.0 Å². The predicted octanol–water partition coefficient (Wildman–Crippen LogP) is 2.64. The number of benzene rings is 1. The number of carbonyl (C=O) groups excluding carboxylic acids is 2. The molecule has 2 amide bonds. The fourth-order valence-electron chi connectivity index (χ4n) is 2.22. The van der Waals surface area contributed by atoms with Gasteiger partial charge in [0.05, 0.1) is 29.8 Å². The highest BCUT2D eigenvalue weighted by Crippen LogP contribution is 2.29. The molecule has 1 fully saturated rings. The smallest absolute Gasteiger partial charge is 0.325 e. The molecule has 1 saturated heterocycles. The Morgan fingerprint density at radius 1 is 1.39 bits per heavy atom. The summed E-state index contributed by atoms with van der Waals surface area (Å²) in [5.41, 5.74) is 0.849. The van der Waals surface area contributed by atoms with Crippen LogP contribution < -0.4 is 5.32 Å². The number of halogens is 2. The Bertz CT molecular complexity index is 583. The van der Waals surface area contributed by atoms with Crippen LogP contribution in [0.15, 0.2) is 18.2 Å². The molecule has 0 spiro atoms. The molecule has 1 aliphatic rings. The first-order valence-corrected chi connectivity index (χ1v) is 8.01. The van der Waals surface area contributed by atoms with E-state index in [4.69, 9.17) is 32.7 Å². The quantitative estimate of drug-likeness (QED) is 0.838. The van der Waals surface area contributed by atoms with Crippen molar-refractivity contribution in [1.29, 1.82) is 0 Å². The highest BCUT2D eigenvalue weighted by Gasteiger charge is 2.26. The van der Waals surface area contributed by atoms with Crippen molar-refractivity contribution in [3.05, 3.63) is 33.8 Å². The Hall–Kier alpha value is -1.50. The Kier molecular flexibility index (Phi) is 6.50. The predicted molar refractivity (Wildman–Crippen MR) is 86.8 cm³/mol. The Morgan fingerprint density at radius 3 is 2.87 bits per heavy atom. The second-order valence-electron chi connectivity index (χ2n) is 4.94. The highest BCUT2D eigenvalue weighted by molar-refractivity contribution is 6.42. The summed E-state index contributed by atoms with van der Waals surface area (Å²) < 4.78 is 10.5. The van der Waals surface area contributed by atoms with E-state index in [0.29, 0.717) is 29.7 Å². The number of ether oxygens (including phenoxy) is 2. The third kappa shape index (κ3) is 4.99. The standard InChI is InChI=1S/C15H18Cl2N2O4/c1-2-22-14(20)8-18-15(21)19-5-6-23-13(9-19)10-3-4-11(16)12(17)7-10/h3-4,7,13H,2,5-6,8-9H2,1H3,(H,18,21)/t13-/m0/s1. The number of urea groups is 1. The molecule has 0 saturated carbocycles. The van der Waals surface area contributed by atoms with Crippen molar-refractivity contribution in [2.45, 2.75) is 13.0 Å². The fraction of sp³-hybridized carbons (Fsp3) is 0.467. The first-order chi connectivity index (χ1) is 11.0. The third-order valence-corrected chi connectivity index (χ3v) is 4.10. The Labute approximate surface area is 144 Å². The van der Waals surface area contributed by atoms with E-state index in [9.17, 15) is 9.59 Å². The van der Waals surface area contributed by atoms with E-state index < -0.39 is 5.97 Å². The lowest BCUT2D eigenvalue weighted by atomic mass is 10.1. The Balaban J connectivity index is 1.93. The maximum Gasteiger partial charge on any atom is 0.325 e. The number of carbonyl (C=O) groups is 2. The summed E-state index contributed by atoms with van der Waals surface area (Å²) in [6.45, 7) is 3.06. The van der Waals surface area contributed by atoms with Crippen LogP contribution in [-0.4, -0.2) is 49.7 Å². The first-order valence-electron chi connectivity index (χ1n) is 7.26. The molecule has 2 rings (SSSR count). The topological polar surface area (TPSA) is 67.9 Å². The molecular weight excluding hydrogens is 343 g/mol. The van der Waals surface area contributed by atoms with Crippen molar-refractivity contribution < 1.29 is 19.1 Å². The summed E-state index contributed by atoms with van der Waals surface area (Å²) in [7, 11) is 0. The lowest BCUT2D eigenvalue weighted by Crippen LogP contribution is -2.48. The molecule has 8 heteroatoms. The molecule has 1 N–H and O–H groups in total. The molecule has 23 heavy (non-hydrogen) atoms. The van der Waals surface area contributed by atoms with Gasteiger partial charge in [0.25, 0.3) is 0 Å². The van der Waals surface area contributed by atoms with E-state index in [-0.39, 0.29) is 25.3 Å². The van der Waals surface area contributed by atoms with Gasteiger partial charge in [-0.15, -0.1) is 0 Å². The zero-order valence-corrected chi connectivity index (χ0v) is 14.2. The van der Waals surface area contributed by atoms with E-state index in [0.717, 1.165) is 5.56 Å². The van der Waals surface area contributed by atoms with Gasteiger partial charge < -0.3 is 19.7 Å². The molecule has 1 atom stereocenters. The monoisotopic (exact) mass is 360 g/mol. The number of esters is 1. The SMILES string of the molecule is CCOC(=O)CNC(=O)N1CCO[C@H](c2ccc(Cl)c(Cl)c2)C1. The third-order valence-electron chi connectivity index (χ3n) is 3.36. The van der Waals surface area contributed by atoms with Crippen LogP contribution in [0.1, 0.15) is 18.6 Å². The van der Waals surface area contributed by atoms with Crippen LogP contribution >= 0.6 is 23.2 Å². The summed E-state index contributed by atoms with van der Waals surface area (Å²) in [6.07, 6.45) is -0.285. The van der Waals surface area contributed by atoms with Crippen LogP contribution in [0.3, 0.4) is 0 Å². The van der Waals surface area contributed by atoms with Crippen molar-refractivity contribution in [2.24, 2.45) is 0 Å². The van der Waals surface area contributed by atoms with E-state index in [1.807, 2.05) is 6.07 Å². The minimum absolute atomic E-state index is 0.151. The van der Waals surface area contributed by atoms with Gasteiger partial charge in [0.15, 0.2) is 0 Å². The van der Waals surface area contributed by atoms with Crippen LogP contribution in [-0.2, 0) is 14.3 Å². The van der Waals surface area contributed by atoms with E-state index in [2.05, 4.69) is 5.32 Å². The molecule has 0 radical (unpaired) electrons. The number of nitrogens with zero attached hydrogens (tertiary/aromatic N) is 1. The number of hydrogen-bond acceptors (Lipinski definition) is 4. The molecule has 126 valence electrons. The van der Waals surface area contributed by atoms with Gasteiger partial charge in [0.2, 0.25) is 0 Å². The number of hydrogen-bond donors (Lipinski definition) is 1.